The number of carboxylic acids is 1. The minimum Gasteiger partial charge on any atom is -0.478 e. The monoisotopic (exact) mass is 288 g/mol. The van der Waals surface area contributed by atoms with E-state index in [1.165, 1.54) is 6.07 Å². The molecule has 0 fully saturated rings. The van der Waals surface area contributed by atoms with Gasteiger partial charge < -0.3 is 10.1 Å². The molecule has 6 nitrogen and oxygen atoms in total. The van der Waals surface area contributed by atoms with Crippen molar-refractivity contribution in [2.45, 2.75) is 13.3 Å². The summed E-state index contributed by atoms with van der Waals surface area (Å²) in [5, 5.41) is 13.3. The third kappa shape index (κ3) is 2.16. The highest BCUT2D eigenvalue weighted by Gasteiger charge is 2.16. The van der Waals surface area contributed by atoms with Gasteiger partial charge in [-0.3, -0.25) is 4.68 Å². The molecule has 2 heterocycles. The van der Waals surface area contributed by atoms with Crippen molar-refractivity contribution >= 4 is 17.0 Å². The molecule has 1 aromatic carbocycles. The average molecular weight is 288 g/mol. The minimum absolute atomic E-state index is 0.389. The number of aromatic carboxylic acids is 1. The van der Waals surface area contributed by atoms with Crippen LogP contribution in [0, 0.1) is 5.82 Å². The Morgan fingerprint density at radius 2 is 2.19 bits per heavy atom. The number of aromatic amines is 1. The quantitative estimate of drug-likeness (QED) is 0.775. The number of halogens is 1. The van der Waals surface area contributed by atoms with Crippen molar-refractivity contribution in [2.24, 2.45) is 7.05 Å². The Kier molecular flexibility index (Phi) is 2.97. The smallest absolute Gasteiger partial charge is 0.338 e. The van der Waals surface area contributed by atoms with Crippen molar-refractivity contribution in [3.8, 4) is 11.5 Å². The van der Waals surface area contributed by atoms with E-state index in [4.69, 9.17) is 5.11 Å². The van der Waals surface area contributed by atoms with Gasteiger partial charge in [0.2, 0.25) is 0 Å². The van der Waals surface area contributed by atoms with Gasteiger partial charge in [-0.2, -0.15) is 5.10 Å². The zero-order valence-corrected chi connectivity index (χ0v) is 11.5. The van der Waals surface area contributed by atoms with Crippen LogP contribution in [0.15, 0.2) is 18.2 Å². The van der Waals surface area contributed by atoms with Crippen molar-refractivity contribution in [3.63, 3.8) is 0 Å². The van der Waals surface area contributed by atoms with Gasteiger partial charge in [0.15, 0.2) is 5.82 Å². The normalized spacial score (nSPS) is 11.2. The lowest BCUT2D eigenvalue weighted by Gasteiger charge is -1.96. The van der Waals surface area contributed by atoms with Crippen LogP contribution in [0.5, 0.6) is 0 Å². The summed E-state index contributed by atoms with van der Waals surface area (Å²) in [6.07, 6.45) is 0.797. The number of nitrogens with zero attached hydrogens (tertiary/aromatic N) is 3. The topological polar surface area (TPSA) is 83.8 Å². The van der Waals surface area contributed by atoms with Gasteiger partial charge in [-0.05, 0) is 18.6 Å². The molecule has 0 atom stereocenters. The van der Waals surface area contributed by atoms with Crippen molar-refractivity contribution in [1.82, 2.24) is 19.7 Å². The van der Waals surface area contributed by atoms with Gasteiger partial charge in [-0.15, -0.1) is 0 Å². The van der Waals surface area contributed by atoms with Gasteiger partial charge in [0.05, 0.1) is 22.3 Å². The molecule has 0 aliphatic rings. The van der Waals surface area contributed by atoms with Gasteiger partial charge in [0, 0.05) is 13.1 Å². The molecule has 0 aliphatic carbocycles. The number of rotatable bonds is 3. The predicted octanol–water partition coefficient (Wildman–Crippen LogP) is 2.36. The molecule has 0 aliphatic heterocycles. The molecule has 7 heteroatoms. The number of nitrogens with one attached hydrogen (secondary N) is 1. The predicted molar refractivity (Wildman–Crippen MR) is 74.6 cm³/mol. The maximum Gasteiger partial charge on any atom is 0.338 e. The van der Waals surface area contributed by atoms with E-state index in [1.54, 1.807) is 11.7 Å². The molecule has 0 spiro atoms. The molecule has 3 rings (SSSR count). The zero-order chi connectivity index (χ0) is 15.1. The fourth-order valence-corrected chi connectivity index (χ4v) is 2.24. The number of aryl methyl sites for hydroxylation is 2. The van der Waals surface area contributed by atoms with E-state index in [2.05, 4.69) is 15.1 Å². The number of hydrogen-bond acceptors (Lipinski definition) is 3. The first-order chi connectivity index (χ1) is 9.99. The summed E-state index contributed by atoms with van der Waals surface area (Å²) in [4.78, 5) is 18.3. The highest BCUT2D eigenvalue weighted by atomic mass is 19.1. The number of H-pyrrole nitrogens is 1. The lowest BCUT2D eigenvalue weighted by atomic mass is 10.2. The highest BCUT2D eigenvalue weighted by Crippen LogP contribution is 2.23. The van der Waals surface area contributed by atoms with Crippen LogP contribution in [0.3, 0.4) is 0 Å². The van der Waals surface area contributed by atoms with Crippen molar-refractivity contribution < 1.29 is 14.3 Å². The van der Waals surface area contributed by atoms with Crippen LogP contribution >= 0.6 is 0 Å². The van der Waals surface area contributed by atoms with Crippen LogP contribution in [0.2, 0.25) is 0 Å². The first-order valence-electron chi connectivity index (χ1n) is 6.45. The third-order valence-corrected chi connectivity index (χ3v) is 3.34. The molecule has 0 saturated heterocycles. The Bertz CT molecular complexity index is 850. The number of imidazole rings is 1. The van der Waals surface area contributed by atoms with Crippen LogP contribution in [0.4, 0.5) is 4.39 Å². The van der Waals surface area contributed by atoms with Crippen LogP contribution < -0.4 is 0 Å². The molecule has 21 heavy (non-hydrogen) atoms. The van der Waals surface area contributed by atoms with Crippen molar-refractivity contribution in [1.29, 1.82) is 0 Å². The number of hydrogen-bond donors (Lipinski definition) is 2. The maximum atomic E-state index is 13.7. The molecule has 0 unspecified atom stereocenters. The standard InChI is InChI=1S/C14H13FN4O2/c1-3-7-4-12(19(2)18-7)13-16-10-5-8(14(20)21)9(15)6-11(10)17-13/h4-6H,3H2,1-2H3,(H,16,17)(H,20,21). The first kappa shape index (κ1) is 13.3. The van der Waals surface area contributed by atoms with Crippen LogP contribution in [0.25, 0.3) is 22.6 Å². The summed E-state index contributed by atoms with van der Waals surface area (Å²) in [5.41, 5.74) is 2.15. The fourth-order valence-electron chi connectivity index (χ4n) is 2.24. The van der Waals surface area contributed by atoms with E-state index in [0.717, 1.165) is 23.9 Å². The summed E-state index contributed by atoms with van der Waals surface area (Å²) in [6.45, 7) is 2.00. The van der Waals surface area contributed by atoms with E-state index in [1.807, 2.05) is 13.0 Å². The lowest BCUT2D eigenvalue weighted by molar-refractivity contribution is 0.0692. The zero-order valence-electron chi connectivity index (χ0n) is 11.5. The summed E-state index contributed by atoms with van der Waals surface area (Å²) < 4.78 is 15.4. The van der Waals surface area contributed by atoms with Gasteiger partial charge in [0.25, 0.3) is 0 Å². The van der Waals surface area contributed by atoms with Crippen LogP contribution in [-0.2, 0) is 13.5 Å². The molecular formula is C14H13FN4O2. The maximum absolute atomic E-state index is 13.7. The largest absolute Gasteiger partial charge is 0.478 e. The van der Waals surface area contributed by atoms with E-state index in [-0.39, 0.29) is 5.56 Å². The van der Waals surface area contributed by atoms with Crippen molar-refractivity contribution in [2.75, 3.05) is 0 Å². The van der Waals surface area contributed by atoms with Gasteiger partial charge in [-0.25, -0.2) is 14.2 Å². The van der Waals surface area contributed by atoms with E-state index in [9.17, 15) is 9.18 Å². The lowest BCUT2D eigenvalue weighted by Crippen LogP contribution is -1.99. The van der Waals surface area contributed by atoms with Crippen LogP contribution in [0.1, 0.15) is 23.0 Å². The van der Waals surface area contributed by atoms with Gasteiger partial charge >= 0.3 is 5.97 Å². The second-order valence-electron chi connectivity index (χ2n) is 4.74. The average Bonchev–Trinajstić information content (AvgIpc) is 2.99. The molecule has 2 aromatic heterocycles. The fraction of sp³-hybridized carbons (Fsp3) is 0.214. The Labute approximate surface area is 119 Å². The Morgan fingerprint density at radius 3 is 2.81 bits per heavy atom. The number of carboxylic acid groups (broad SMARTS) is 1. The van der Waals surface area contributed by atoms with Gasteiger partial charge in [0.1, 0.15) is 11.5 Å². The Hall–Kier alpha value is -2.70. The summed E-state index contributed by atoms with van der Waals surface area (Å²) in [5.74, 6) is -1.57. The van der Waals surface area contributed by atoms with Crippen LogP contribution in [-0.4, -0.2) is 30.8 Å². The Balaban J connectivity index is 2.16. The summed E-state index contributed by atoms with van der Waals surface area (Å²) >= 11 is 0. The molecule has 0 radical (unpaired) electrons. The molecular weight excluding hydrogens is 275 g/mol. The number of benzene rings is 1. The van der Waals surface area contributed by atoms with E-state index < -0.39 is 11.8 Å². The molecule has 108 valence electrons. The summed E-state index contributed by atoms with van der Waals surface area (Å²) in [6, 6.07) is 4.27. The summed E-state index contributed by atoms with van der Waals surface area (Å²) in [7, 11) is 1.80. The number of aromatic nitrogens is 4. The molecule has 0 bridgehead atoms. The molecule has 0 saturated carbocycles. The second-order valence-corrected chi connectivity index (χ2v) is 4.74. The number of carbonyl (C=O) groups is 1. The SMILES string of the molecule is CCc1cc(-c2nc3cc(C(=O)O)c(F)cc3[nH]2)n(C)n1. The molecule has 3 aromatic rings. The minimum atomic E-state index is -1.31. The first-order valence-corrected chi connectivity index (χ1v) is 6.45. The highest BCUT2D eigenvalue weighted by molar-refractivity contribution is 5.93. The van der Waals surface area contributed by atoms with E-state index in [0.29, 0.717) is 16.9 Å². The van der Waals surface area contributed by atoms with E-state index >= 15 is 0 Å². The van der Waals surface area contributed by atoms with Crippen molar-refractivity contribution in [3.05, 3.63) is 35.3 Å². The van der Waals surface area contributed by atoms with Gasteiger partial charge in [-0.1, -0.05) is 6.92 Å². The molecule has 2 N–H and O–H groups in total. The Morgan fingerprint density at radius 1 is 1.43 bits per heavy atom. The third-order valence-electron chi connectivity index (χ3n) is 3.34. The molecule has 0 amide bonds. The number of fused-ring (bicyclic) bond motifs is 1. The second kappa shape index (κ2) is 4.69.